The predicted octanol–water partition coefficient (Wildman–Crippen LogP) is 5.01. The summed E-state index contributed by atoms with van der Waals surface area (Å²) in [4.78, 5) is 17.3. The first-order valence-electron chi connectivity index (χ1n) is 11.6. The van der Waals surface area contributed by atoms with Gasteiger partial charge in [0.15, 0.2) is 11.5 Å². The Hall–Kier alpha value is -3.31. The third-order valence-corrected chi connectivity index (χ3v) is 5.96. The summed E-state index contributed by atoms with van der Waals surface area (Å²) < 4.78 is 12.2. The fourth-order valence-electron chi connectivity index (χ4n) is 3.96. The van der Waals surface area contributed by atoms with E-state index in [0.717, 1.165) is 30.8 Å². The lowest BCUT2D eigenvalue weighted by atomic mass is 10.1. The van der Waals surface area contributed by atoms with E-state index in [0.29, 0.717) is 36.8 Å². The second-order valence-corrected chi connectivity index (χ2v) is 8.49. The highest BCUT2D eigenvalue weighted by molar-refractivity contribution is 5.94. The monoisotopic (exact) mass is 444 g/mol. The average molecular weight is 445 g/mol. The van der Waals surface area contributed by atoms with Gasteiger partial charge in [-0.2, -0.15) is 0 Å². The van der Waals surface area contributed by atoms with Gasteiger partial charge in [0.1, 0.15) is 13.2 Å². The Bertz CT molecular complexity index is 1020. The van der Waals surface area contributed by atoms with Crippen LogP contribution < -0.4 is 9.47 Å². The van der Waals surface area contributed by atoms with Crippen LogP contribution in [-0.2, 0) is 13.2 Å². The number of hydrogen-bond donors (Lipinski definition) is 0. The molecule has 4 rings (SSSR count). The molecule has 1 amide bonds. The minimum atomic E-state index is -0.00614. The molecule has 0 radical (unpaired) electrons. The molecule has 1 saturated heterocycles. The van der Waals surface area contributed by atoms with E-state index in [4.69, 9.17) is 9.47 Å². The smallest absolute Gasteiger partial charge is 0.253 e. The molecule has 1 aliphatic heterocycles. The summed E-state index contributed by atoms with van der Waals surface area (Å²) in [6.07, 6.45) is 2.51. The zero-order valence-corrected chi connectivity index (χ0v) is 19.3. The Morgan fingerprint density at radius 2 is 1.39 bits per heavy atom. The number of likely N-dealkylation sites (N-methyl/N-ethyl adjacent to an activating group) is 1. The Kier molecular flexibility index (Phi) is 7.99. The van der Waals surface area contributed by atoms with Crippen LogP contribution in [0.15, 0.2) is 78.9 Å². The minimum absolute atomic E-state index is 0.00614. The molecular weight excluding hydrogens is 412 g/mol. The van der Waals surface area contributed by atoms with Crippen molar-refractivity contribution in [2.24, 2.45) is 0 Å². The number of likely N-dealkylation sites (tertiary alicyclic amines) is 1. The van der Waals surface area contributed by atoms with Crippen molar-refractivity contribution in [3.63, 3.8) is 0 Å². The largest absolute Gasteiger partial charge is 0.485 e. The summed E-state index contributed by atoms with van der Waals surface area (Å²) in [7, 11) is 1.86. The van der Waals surface area contributed by atoms with Gasteiger partial charge in [-0.25, -0.2) is 0 Å². The van der Waals surface area contributed by atoms with Crippen LogP contribution in [0.5, 0.6) is 11.5 Å². The average Bonchev–Trinajstić information content (AvgIpc) is 3.39. The summed E-state index contributed by atoms with van der Waals surface area (Å²) in [5.41, 5.74) is 2.74. The van der Waals surface area contributed by atoms with Crippen LogP contribution in [0.1, 0.15) is 34.3 Å². The third-order valence-electron chi connectivity index (χ3n) is 5.96. The van der Waals surface area contributed by atoms with Gasteiger partial charge in [0.2, 0.25) is 0 Å². The molecule has 5 nitrogen and oxygen atoms in total. The molecule has 3 aromatic carbocycles. The molecule has 0 bridgehead atoms. The van der Waals surface area contributed by atoms with E-state index in [-0.39, 0.29) is 5.91 Å². The number of hydrogen-bond acceptors (Lipinski definition) is 4. The summed E-state index contributed by atoms with van der Waals surface area (Å²) in [5, 5.41) is 0. The van der Waals surface area contributed by atoms with Crippen LogP contribution in [-0.4, -0.2) is 48.9 Å². The van der Waals surface area contributed by atoms with Gasteiger partial charge in [0, 0.05) is 25.7 Å². The number of nitrogens with zero attached hydrogens (tertiary/aromatic N) is 2. The van der Waals surface area contributed by atoms with Crippen LogP contribution >= 0.6 is 0 Å². The van der Waals surface area contributed by atoms with Crippen molar-refractivity contribution in [3.8, 4) is 11.5 Å². The molecule has 0 aromatic heterocycles. The summed E-state index contributed by atoms with van der Waals surface area (Å²) in [6, 6.07) is 25.5. The second kappa shape index (κ2) is 11.5. The van der Waals surface area contributed by atoms with Crippen LogP contribution in [0.4, 0.5) is 0 Å². The van der Waals surface area contributed by atoms with E-state index in [2.05, 4.69) is 4.90 Å². The molecule has 1 aliphatic rings. The standard InChI is InChI=1S/C28H32N2O3/c1-29(18-19-30-16-8-9-17-30)28(31)25-14-15-26(32-21-23-10-4-2-5-11-23)27(20-25)33-22-24-12-6-3-7-13-24/h2-7,10-15,20H,8-9,16-19,21-22H2,1H3. The fraction of sp³-hybridized carbons (Fsp3) is 0.321. The number of amides is 1. The SMILES string of the molecule is CN(CCN1CCCC1)C(=O)c1ccc(OCc2ccccc2)c(OCc2ccccc2)c1. The highest BCUT2D eigenvalue weighted by atomic mass is 16.5. The fourth-order valence-corrected chi connectivity index (χ4v) is 3.96. The van der Waals surface area contributed by atoms with E-state index in [1.165, 1.54) is 12.8 Å². The Morgan fingerprint density at radius 3 is 2.00 bits per heavy atom. The van der Waals surface area contributed by atoms with Gasteiger partial charge in [-0.15, -0.1) is 0 Å². The Morgan fingerprint density at radius 1 is 0.818 bits per heavy atom. The van der Waals surface area contributed by atoms with E-state index in [1.807, 2.05) is 79.8 Å². The van der Waals surface area contributed by atoms with Crippen molar-refractivity contribution in [2.45, 2.75) is 26.1 Å². The second-order valence-electron chi connectivity index (χ2n) is 8.49. The van der Waals surface area contributed by atoms with Crippen molar-refractivity contribution in [1.82, 2.24) is 9.80 Å². The molecule has 5 heteroatoms. The van der Waals surface area contributed by atoms with Crippen LogP contribution in [0, 0.1) is 0 Å². The van der Waals surface area contributed by atoms with Gasteiger partial charge in [-0.1, -0.05) is 60.7 Å². The topological polar surface area (TPSA) is 42.0 Å². The molecule has 172 valence electrons. The van der Waals surface area contributed by atoms with E-state index < -0.39 is 0 Å². The van der Waals surface area contributed by atoms with Gasteiger partial charge in [-0.3, -0.25) is 4.79 Å². The zero-order chi connectivity index (χ0) is 22.9. The van der Waals surface area contributed by atoms with Crippen LogP contribution in [0.2, 0.25) is 0 Å². The lowest BCUT2D eigenvalue weighted by Crippen LogP contribution is -2.35. The van der Waals surface area contributed by atoms with Crippen LogP contribution in [0.25, 0.3) is 0 Å². The van der Waals surface area contributed by atoms with E-state index in [9.17, 15) is 4.79 Å². The van der Waals surface area contributed by atoms with Crippen LogP contribution in [0.3, 0.4) is 0 Å². The number of ether oxygens (including phenoxy) is 2. The maximum atomic E-state index is 13.1. The van der Waals surface area contributed by atoms with Crippen molar-refractivity contribution in [2.75, 3.05) is 33.2 Å². The predicted molar refractivity (Wildman–Crippen MR) is 131 cm³/mol. The highest BCUT2D eigenvalue weighted by Gasteiger charge is 2.18. The molecule has 1 heterocycles. The molecule has 0 spiro atoms. The lowest BCUT2D eigenvalue weighted by molar-refractivity contribution is 0.0781. The molecule has 33 heavy (non-hydrogen) atoms. The number of carbonyl (C=O) groups excluding carboxylic acids is 1. The molecule has 1 fully saturated rings. The first-order valence-corrected chi connectivity index (χ1v) is 11.6. The van der Waals surface area contributed by atoms with Crippen molar-refractivity contribution in [1.29, 1.82) is 0 Å². The quantitative estimate of drug-likeness (QED) is 0.441. The number of carbonyl (C=O) groups is 1. The first kappa shape index (κ1) is 22.9. The van der Waals surface area contributed by atoms with Gasteiger partial charge in [0.05, 0.1) is 0 Å². The highest BCUT2D eigenvalue weighted by Crippen LogP contribution is 2.30. The van der Waals surface area contributed by atoms with Gasteiger partial charge < -0.3 is 19.3 Å². The van der Waals surface area contributed by atoms with Gasteiger partial charge in [0.25, 0.3) is 5.91 Å². The number of benzene rings is 3. The Labute approximate surface area is 196 Å². The minimum Gasteiger partial charge on any atom is -0.485 e. The molecule has 3 aromatic rings. The number of rotatable bonds is 10. The Balaban J connectivity index is 1.46. The molecule has 0 aliphatic carbocycles. The summed E-state index contributed by atoms with van der Waals surface area (Å²) >= 11 is 0. The molecular formula is C28H32N2O3. The van der Waals surface area contributed by atoms with Crippen molar-refractivity contribution >= 4 is 5.91 Å². The lowest BCUT2D eigenvalue weighted by Gasteiger charge is -2.22. The van der Waals surface area contributed by atoms with Gasteiger partial charge in [-0.05, 0) is 55.3 Å². The molecule has 0 saturated carbocycles. The maximum Gasteiger partial charge on any atom is 0.253 e. The molecule has 0 atom stereocenters. The first-order chi connectivity index (χ1) is 16.2. The summed E-state index contributed by atoms with van der Waals surface area (Å²) in [6.45, 7) is 4.74. The third kappa shape index (κ3) is 6.59. The normalized spacial score (nSPS) is 13.6. The summed E-state index contributed by atoms with van der Waals surface area (Å²) in [5.74, 6) is 1.20. The molecule has 0 unspecified atom stereocenters. The zero-order valence-electron chi connectivity index (χ0n) is 19.3. The van der Waals surface area contributed by atoms with E-state index in [1.54, 1.807) is 11.0 Å². The molecule has 0 N–H and O–H groups in total. The van der Waals surface area contributed by atoms with Crippen molar-refractivity contribution in [3.05, 3.63) is 95.6 Å². The van der Waals surface area contributed by atoms with E-state index >= 15 is 0 Å². The maximum absolute atomic E-state index is 13.1. The van der Waals surface area contributed by atoms with Crippen molar-refractivity contribution < 1.29 is 14.3 Å². The van der Waals surface area contributed by atoms with Gasteiger partial charge >= 0.3 is 0 Å².